The fourth-order valence-corrected chi connectivity index (χ4v) is 4.55. The second-order valence-electron chi connectivity index (χ2n) is 7.43. The van der Waals surface area contributed by atoms with Crippen molar-refractivity contribution in [2.45, 2.75) is 38.8 Å². The summed E-state index contributed by atoms with van der Waals surface area (Å²) in [5, 5.41) is 5.03. The van der Waals surface area contributed by atoms with E-state index in [9.17, 15) is 4.79 Å². The highest BCUT2D eigenvalue weighted by Crippen LogP contribution is 2.24. The Bertz CT molecular complexity index is 1130. The summed E-state index contributed by atoms with van der Waals surface area (Å²) in [6.45, 7) is 4.30. The summed E-state index contributed by atoms with van der Waals surface area (Å²) < 4.78 is 0. The van der Waals surface area contributed by atoms with E-state index in [0.717, 1.165) is 18.4 Å². The van der Waals surface area contributed by atoms with Gasteiger partial charge in [-0.25, -0.2) is 4.98 Å². The van der Waals surface area contributed by atoms with E-state index in [2.05, 4.69) is 65.9 Å². The van der Waals surface area contributed by atoms with Crippen molar-refractivity contribution in [1.29, 1.82) is 0 Å². The largest absolute Gasteiger partial charge is 0.327 e. The summed E-state index contributed by atoms with van der Waals surface area (Å²) in [7, 11) is 0. The number of aromatic nitrogens is 2. The highest BCUT2D eigenvalue weighted by molar-refractivity contribution is 7.10. The molecule has 0 spiro atoms. The van der Waals surface area contributed by atoms with Crippen molar-refractivity contribution in [1.82, 2.24) is 9.97 Å². The fraction of sp³-hybridized carbons (Fsp3) is 0.250. The van der Waals surface area contributed by atoms with Gasteiger partial charge in [0, 0.05) is 5.56 Å². The van der Waals surface area contributed by atoms with Gasteiger partial charge in [-0.1, -0.05) is 55.8 Å². The molecule has 2 heterocycles. The third-order valence-corrected chi connectivity index (χ3v) is 6.23. The van der Waals surface area contributed by atoms with E-state index < -0.39 is 0 Å². The van der Waals surface area contributed by atoms with E-state index in [1.165, 1.54) is 16.0 Å². The molecule has 0 amide bonds. The van der Waals surface area contributed by atoms with Crippen LogP contribution in [0.4, 0.5) is 0 Å². The number of aromatic amines is 1. The van der Waals surface area contributed by atoms with Crippen LogP contribution >= 0.6 is 11.3 Å². The molecule has 5 heteroatoms. The summed E-state index contributed by atoms with van der Waals surface area (Å²) in [4.78, 5) is 21.5. The first kappa shape index (κ1) is 19.6. The summed E-state index contributed by atoms with van der Waals surface area (Å²) in [6, 6.07) is 20.8. The number of H-pyrrole nitrogens is 1. The van der Waals surface area contributed by atoms with E-state index in [-0.39, 0.29) is 17.6 Å². The van der Waals surface area contributed by atoms with Gasteiger partial charge in [0.15, 0.2) is 5.82 Å². The highest BCUT2D eigenvalue weighted by Gasteiger charge is 2.24. The smallest absolute Gasteiger partial charge is 0.258 e. The van der Waals surface area contributed by atoms with Gasteiger partial charge in [0.05, 0.1) is 15.8 Å². The van der Waals surface area contributed by atoms with Crippen molar-refractivity contribution in [3.63, 3.8) is 0 Å². The maximum Gasteiger partial charge on any atom is 0.258 e. The Morgan fingerprint density at radius 1 is 1.07 bits per heavy atom. The number of rotatable bonds is 7. The molecule has 0 saturated carbocycles. The number of hydrogen-bond donors (Lipinski definition) is 2. The second kappa shape index (κ2) is 8.72. The number of nitrogens with two attached hydrogens (primary N) is 1. The zero-order valence-electron chi connectivity index (χ0n) is 16.8. The molecular weight excluding hydrogens is 378 g/mol. The average molecular weight is 405 g/mol. The number of para-hydroxylation sites is 1. The molecule has 2 aromatic carbocycles. The fourth-order valence-electron chi connectivity index (χ4n) is 3.72. The van der Waals surface area contributed by atoms with E-state index in [0.29, 0.717) is 11.2 Å². The average Bonchev–Trinajstić information content (AvgIpc) is 3.27. The number of fused-ring (bicyclic) bond motifs is 1. The summed E-state index contributed by atoms with van der Waals surface area (Å²) in [6.07, 6.45) is 2.25. The molecule has 4 aromatic rings. The molecule has 2 atom stereocenters. The quantitative estimate of drug-likeness (QED) is 0.481. The van der Waals surface area contributed by atoms with Gasteiger partial charge in [-0.05, 0) is 42.5 Å². The highest BCUT2D eigenvalue weighted by atomic mass is 32.1. The normalized spacial score (nSPS) is 13.4. The molecule has 29 heavy (non-hydrogen) atoms. The van der Waals surface area contributed by atoms with Crippen LogP contribution in [0.5, 0.6) is 0 Å². The van der Waals surface area contributed by atoms with E-state index in [1.54, 1.807) is 11.3 Å². The van der Waals surface area contributed by atoms with Crippen molar-refractivity contribution in [3.8, 4) is 0 Å². The van der Waals surface area contributed by atoms with Crippen LogP contribution in [0, 0.1) is 0 Å². The Hall–Kier alpha value is -2.76. The lowest BCUT2D eigenvalue weighted by atomic mass is 10.0. The molecule has 3 N–H and O–H groups in total. The van der Waals surface area contributed by atoms with Crippen LogP contribution in [-0.4, -0.2) is 9.97 Å². The van der Waals surface area contributed by atoms with Crippen molar-refractivity contribution >= 4 is 22.2 Å². The number of benzene rings is 2. The Kier molecular flexibility index (Phi) is 5.88. The van der Waals surface area contributed by atoms with Gasteiger partial charge in [0.2, 0.25) is 0 Å². The van der Waals surface area contributed by atoms with Gasteiger partial charge in [-0.2, -0.15) is 0 Å². The predicted molar refractivity (Wildman–Crippen MR) is 119 cm³/mol. The number of nitrogens with zero attached hydrogens (tertiary/aromatic N) is 1. The minimum Gasteiger partial charge on any atom is -0.327 e. The van der Waals surface area contributed by atoms with Crippen LogP contribution in [-0.2, 0) is 6.42 Å². The minimum absolute atomic E-state index is 0.00900. The molecule has 148 valence electrons. The zero-order chi connectivity index (χ0) is 20.2. The summed E-state index contributed by atoms with van der Waals surface area (Å²) in [5.41, 5.74) is 3.29. The second-order valence-corrected chi connectivity index (χ2v) is 8.41. The first-order valence-electron chi connectivity index (χ1n) is 10.1. The Morgan fingerprint density at radius 2 is 1.86 bits per heavy atom. The lowest BCUT2D eigenvalue weighted by Crippen LogP contribution is -2.86. The molecule has 0 fully saturated rings. The van der Waals surface area contributed by atoms with Gasteiger partial charge in [-0.15, -0.1) is 11.3 Å². The van der Waals surface area contributed by atoms with Gasteiger partial charge in [0.25, 0.3) is 5.56 Å². The molecule has 4 rings (SSSR count). The summed E-state index contributed by atoms with van der Waals surface area (Å²) >= 11 is 1.76. The van der Waals surface area contributed by atoms with Gasteiger partial charge < -0.3 is 10.3 Å². The topological polar surface area (TPSA) is 62.4 Å². The lowest BCUT2D eigenvalue weighted by Gasteiger charge is -2.20. The number of aryl methyl sites for hydroxylation is 1. The van der Waals surface area contributed by atoms with Gasteiger partial charge >= 0.3 is 0 Å². The number of thiophene rings is 1. The van der Waals surface area contributed by atoms with Gasteiger partial charge in [0.1, 0.15) is 12.1 Å². The minimum atomic E-state index is -0.0811. The predicted octanol–water partition coefficient (Wildman–Crippen LogP) is 4.35. The molecule has 0 saturated heterocycles. The van der Waals surface area contributed by atoms with Crippen LogP contribution in [0.2, 0.25) is 0 Å². The third kappa shape index (κ3) is 4.31. The Morgan fingerprint density at radius 3 is 2.59 bits per heavy atom. The van der Waals surface area contributed by atoms with Crippen LogP contribution in [0.15, 0.2) is 70.8 Å². The van der Waals surface area contributed by atoms with Crippen molar-refractivity contribution < 1.29 is 5.32 Å². The van der Waals surface area contributed by atoms with E-state index in [1.807, 2.05) is 24.3 Å². The maximum absolute atomic E-state index is 12.5. The molecule has 2 aromatic heterocycles. The van der Waals surface area contributed by atoms with Gasteiger partial charge in [-0.3, -0.25) is 4.79 Å². The molecule has 0 bridgehead atoms. The van der Waals surface area contributed by atoms with Crippen molar-refractivity contribution in [2.24, 2.45) is 0 Å². The van der Waals surface area contributed by atoms with Crippen LogP contribution < -0.4 is 10.9 Å². The number of quaternary nitrogens is 1. The summed E-state index contributed by atoms with van der Waals surface area (Å²) in [5.74, 6) is 0.706. The van der Waals surface area contributed by atoms with Crippen LogP contribution in [0.25, 0.3) is 10.9 Å². The van der Waals surface area contributed by atoms with E-state index in [4.69, 9.17) is 4.98 Å². The van der Waals surface area contributed by atoms with E-state index >= 15 is 0 Å². The molecule has 4 nitrogen and oxygen atoms in total. The Labute approximate surface area is 174 Å². The molecule has 0 aliphatic rings. The lowest BCUT2D eigenvalue weighted by molar-refractivity contribution is -0.723. The number of nitrogens with one attached hydrogen (secondary N) is 1. The van der Waals surface area contributed by atoms with Crippen LogP contribution in [0.3, 0.4) is 0 Å². The maximum atomic E-state index is 12.5. The SMILES string of the molecule is CCCc1ccc([C@@H]([NH2+][C@@H](C)c2nc3ccccc3c(=O)[nH]2)c2cccs2)cc1. The molecule has 0 radical (unpaired) electrons. The van der Waals surface area contributed by atoms with Crippen molar-refractivity contribution in [3.05, 3.63) is 98.2 Å². The van der Waals surface area contributed by atoms with Crippen LogP contribution in [0.1, 0.15) is 54.2 Å². The molecule has 0 unspecified atom stereocenters. The third-order valence-electron chi connectivity index (χ3n) is 5.27. The monoisotopic (exact) mass is 404 g/mol. The molecular formula is C24H26N3OS+. The molecule has 0 aliphatic heterocycles. The molecule has 0 aliphatic carbocycles. The first-order chi connectivity index (χ1) is 14.2. The zero-order valence-corrected chi connectivity index (χ0v) is 17.6. The first-order valence-corrected chi connectivity index (χ1v) is 11.0. The Balaban J connectivity index is 1.65. The van der Waals surface area contributed by atoms with Crippen molar-refractivity contribution in [2.75, 3.05) is 0 Å². The standard InChI is InChI=1S/C24H25N3OS/c1-3-7-17-11-13-18(14-12-17)22(21-10-6-15-29-21)25-16(2)23-26-20-9-5-4-8-19(20)24(28)27-23/h4-6,8-16,22,25H,3,7H2,1-2H3,(H,26,27,28)/p+1/t16-,22+/m0/s1. The number of hydrogen-bond acceptors (Lipinski definition) is 3.